The Morgan fingerprint density at radius 1 is 1.08 bits per heavy atom. The zero-order valence-corrected chi connectivity index (χ0v) is 14.3. The minimum Gasteiger partial charge on any atom is -0.350 e. The van der Waals surface area contributed by atoms with Crippen LogP contribution in [0.25, 0.3) is 22.4 Å². The van der Waals surface area contributed by atoms with E-state index in [0.29, 0.717) is 12.1 Å². The number of hydrogen-bond donors (Lipinski definition) is 1. The quantitative estimate of drug-likeness (QED) is 0.742. The zero-order valence-electron chi connectivity index (χ0n) is 14.3. The molecule has 4 rings (SSSR count). The molecule has 0 saturated carbocycles. The van der Waals surface area contributed by atoms with Crippen molar-refractivity contribution in [3.63, 3.8) is 0 Å². The number of hydrogen-bond acceptors (Lipinski definition) is 2. The number of nitrogens with zero attached hydrogens (tertiary/aromatic N) is 2. The van der Waals surface area contributed by atoms with E-state index < -0.39 is 0 Å². The van der Waals surface area contributed by atoms with Crippen molar-refractivity contribution in [1.29, 1.82) is 0 Å². The molecule has 0 saturated heterocycles. The highest BCUT2D eigenvalue weighted by Crippen LogP contribution is 2.30. The average molecular weight is 319 g/mol. The summed E-state index contributed by atoms with van der Waals surface area (Å²) < 4.78 is 2.16. The molecule has 0 unspecified atom stereocenters. The van der Waals surface area contributed by atoms with Gasteiger partial charge in [0, 0.05) is 18.7 Å². The van der Waals surface area contributed by atoms with Crippen molar-refractivity contribution < 1.29 is 4.79 Å². The molecule has 1 amide bonds. The molecule has 0 bridgehead atoms. The maximum Gasteiger partial charge on any atom is 0.253 e. The van der Waals surface area contributed by atoms with Crippen molar-refractivity contribution in [2.45, 2.75) is 32.7 Å². The van der Waals surface area contributed by atoms with Crippen molar-refractivity contribution in [2.75, 3.05) is 6.54 Å². The smallest absolute Gasteiger partial charge is 0.253 e. The second kappa shape index (κ2) is 5.20. The summed E-state index contributed by atoms with van der Waals surface area (Å²) in [6.07, 6.45) is 0. The summed E-state index contributed by atoms with van der Waals surface area (Å²) in [6.45, 7) is 7.98. The van der Waals surface area contributed by atoms with Gasteiger partial charge in [-0.3, -0.25) is 4.79 Å². The lowest BCUT2D eigenvalue weighted by Crippen LogP contribution is -2.24. The van der Waals surface area contributed by atoms with Gasteiger partial charge in [-0.15, -0.1) is 0 Å². The molecule has 1 aliphatic heterocycles. The molecule has 2 aromatic carbocycles. The summed E-state index contributed by atoms with van der Waals surface area (Å²) in [7, 11) is 0. The molecule has 0 fully saturated rings. The molecule has 0 radical (unpaired) electrons. The zero-order chi connectivity index (χ0) is 16.9. The third kappa shape index (κ3) is 2.30. The molecule has 4 heteroatoms. The summed E-state index contributed by atoms with van der Waals surface area (Å²) in [5.74, 6) is 0.906. The minimum atomic E-state index is -0.0196. The van der Waals surface area contributed by atoms with E-state index in [-0.39, 0.29) is 11.3 Å². The van der Waals surface area contributed by atoms with Gasteiger partial charge in [-0.05, 0) is 23.1 Å². The van der Waals surface area contributed by atoms with E-state index in [0.717, 1.165) is 29.0 Å². The first-order chi connectivity index (χ1) is 11.4. The van der Waals surface area contributed by atoms with Gasteiger partial charge in [-0.25, -0.2) is 4.98 Å². The van der Waals surface area contributed by atoms with Gasteiger partial charge in [0.05, 0.1) is 16.6 Å². The Kier molecular flexibility index (Phi) is 3.23. The van der Waals surface area contributed by atoms with Crippen LogP contribution in [0.4, 0.5) is 0 Å². The van der Waals surface area contributed by atoms with E-state index in [1.165, 1.54) is 5.56 Å². The van der Waals surface area contributed by atoms with E-state index >= 15 is 0 Å². The normalized spacial score (nSPS) is 14.5. The highest BCUT2D eigenvalue weighted by atomic mass is 16.1. The number of benzene rings is 2. The number of para-hydroxylation sites is 1. The number of carbonyl (C=O) groups is 1. The van der Waals surface area contributed by atoms with Crippen LogP contribution in [0.2, 0.25) is 0 Å². The predicted octanol–water partition coefficient (Wildman–Crippen LogP) is 3.74. The molecule has 0 spiro atoms. The van der Waals surface area contributed by atoms with E-state index in [2.05, 4.69) is 54.9 Å². The first-order valence-corrected chi connectivity index (χ1v) is 8.33. The highest BCUT2D eigenvalue weighted by molar-refractivity contribution is 6.06. The van der Waals surface area contributed by atoms with Crippen LogP contribution in [0.1, 0.15) is 36.7 Å². The molecular formula is C20H21N3O. The van der Waals surface area contributed by atoms with Crippen LogP contribution < -0.4 is 5.32 Å². The maximum absolute atomic E-state index is 12.2. The summed E-state index contributed by atoms with van der Waals surface area (Å²) in [5.41, 5.74) is 5.03. The minimum absolute atomic E-state index is 0.0196. The Morgan fingerprint density at radius 3 is 2.54 bits per heavy atom. The fourth-order valence-corrected chi connectivity index (χ4v) is 3.30. The third-order valence-corrected chi connectivity index (χ3v) is 4.64. The summed E-state index contributed by atoms with van der Waals surface area (Å²) >= 11 is 0. The Bertz CT molecular complexity index is 930. The van der Waals surface area contributed by atoms with Gasteiger partial charge >= 0.3 is 0 Å². The van der Waals surface area contributed by atoms with Crippen LogP contribution in [-0.4, -0.2) is 22.0 Å². The molecule has 1 N–H and O–H groups in total. The van der Waals surface area contributed by atoms with E-state index in [1.807, 2.05) is 18.2 Å². The topological polar surface area (TPSA) is 46.9 Å². The number of amides is 1. The number of nitrogens with one attached hydrogen (secondary N) is 1. The third-order valence-electron chi connectivity index (χ3n) is 4.64. The van der Waals surface area contributed by atoms with Gasteiger partial charge < -0.3 is 9.88 Å². The fraction of sp³-hybridized carbons (Fsp3) is 0.300. The van der Waals surface area contributed by atoms with E-state index in [9.17, 15) is 4.79 Å². The fourth-order valence-electron chi connectivity index (χ4n) is 3.30. The standard InChI is InChI=1S/C20H21N3O/c1-20(2,3)14-9-7-13(8-10-14)18-22-16-6-4-5-15-17(16)23(18)12-11-21-19(15)24/h4-10H,11-12H2,1-3H3,(H,21,24). The first kappa shape index (κ1) is 14.9. The van der Waals surface area contributed by atoms with Gasteiger partial charge in [-0.2, -0.15) is 0 Å². The highest BCUT2D eigenvalue weighted by Gasteiger charge is 2.22. The van der Waals surface area contributed by atoms with Gasteiger partial charge in [0.15, 0.2) is 0 Å². The van der Waals surface area contributed by atoms with Gasteiger partial charge in [0.1, 0.15) is 5.82 Å². The molecule has 122 valence electrons. The SMILES string of the molecule is CC(C)(C)c1ccc(-c2nc3cccc4c3n2CCNC4=O)cc1. The lowest BCUT2D eigenvalue weighted by Gasteiger charge is -2.19. The molecule has 24 heavy (non-hydrogen) atoms. The first-order valence-electron chi connectivity index (χ1n) is 8.33. The molecule has 0 aliphatic carbocycles. The Balaban J connectivity index is 1.90. The van der Waals surface area contributed by atoms with E-state index in [4.69, 9.17) is 4.98 Å². The second-order valence-electron chi connectivity index (χ2n) is 7.34. The predicted molar refractivity (Wildman–Crippen MR) is 96.2 cm³/mol. The lowest BCUT2D eigenvalue weighted by atomic mass is 9.87. The average Bonchev–Trinajstić information content (AvgIpc) is 2.83. The largest absolute Gasteiger partial charge is 0.350 e. The second-order valence-corrected chi connectivity index (χ2v) is 7.34. The van der Waals surface area contributed by atoms with Crippen molar-refractivity contribution in [3.8, 4) is 11.4 Å². The Labute approximate surface area is 141 Å². The van der Waals surface area contributed by atoms with Gasteiger partial charge in [0.25, 0.3) is 5.91 Å². The van der Waals surface area contributed by atoms with Gasteiger partial charge in [0.2, 0.25) is 0 Å². The van der Waals surface area contributed by atoms with E-state index in [1.54, 1.807) is 0 Å². The molecule has 1 aromatic heterocycles. The van der Waals surface area contributed by atoms with Crippen LogP contribution in [0.5, 0.6) is 0 Å². The maximum atomic E-state index is 12.2. The van der Waals surface area contributed by atoms with Crippen LogP contribution in [-0.2, 0) is 12.0 Å². The van der Waals surface area contributed by atoms with Crippen molar-refractivity contribution in [3.05, 3.63) is 53.6 Å². The van der Waals surface area contributed by atoms with Gasteiger partial charge in [-0.1, -0.05) is 51.1 Å². The van der Waals surface area contributed by atoms with Crippen LogP contribution in [0, 0.1) is 0 Å². The Morgan fingerprint density at radius 2 is 1.83 bits per heavy atom. The van der Waals surface area contributed by atoms with Crippen LogP contribution in [0.3, 0.4) is 0 Å². The summed E-state index contributed by atoms with van der Waals surface area (Å²) in [5, 5.41) is 2.96. The number of rotatable bonds is 1. The van der Waals surface area contributed by atoms with Crippen molar-refractivity contribution >= 4 is 16.9 Å². The number of imidazole rings is 1. The lowest BCUT2D eigenvalue weighted by molar-refractivity contribution is 0.0956. The molecule has 0 atom stereocenters. The molecule has 2 heterocycles. The number of carbonyl (C=O) groups excluding carboxylic acids is 1. The Hall–Kier alpha value is -2.62. The molecule has 1 aliphatic rings. The van der Waals surface area contributed by atoms with Crippen molar-refractivity contribution in [2.24, 2.45) is 0 Å². The number of aromatic nitrogens is 2. The van der Waals surface area contributed by atoms with Crippen LogP contribution >= 0.6 is 0 Å². The monoisotopic (exact) mass is 319 g/mol. The molecule has 4 nitrogen and oxygen atoms in total. The summed E-state index contributed by atoms with van der Waals surface area (Å²) in [6, 6.07) is 14.3. The summed E-state index contributed by atoms with van der Waals surface area (Å²) in [4.78, 5) is 17.0. The van der Waals surface area contributed by atoms with Crippen LogP contribution in [0.15, 0.2) is 42.5 Å². The molecule has 3 aromatic rings. The van der Waals surface area contributed by atoms with Crippen molar-refractivity contribution in [1.82, 2.24) is 14.9 Å². The molecular weight excluding hydrogens is 298 g/mol.